The number of hydrogen-bond acceptors (Lipinski definition) is 6. The van der Waals surface area contributed by atoms with E-state index in [1.54, 1.807) is 7.11 Å². The minimum Gasteiger partial charge on any atom is -0.497 e. The number of ether oxygens (including phenoxy) is 1. The number of aliphatic carboxylic acids is 1. The lowest BCUT2D eigenvalue weighted by Crippen LogP contribution is -2.08. The van der Waals surface area contributed by atoms with E-state index in [9.17, 15) is 4.79 Å². The summed E-state index contributed by atoms with van der Waals surface area (Å²) in [6.07, 6.45) is 1.74. The number of anilines is 1. The molecule has 1 heterocycles. The first kappa shape index (κ1) is 17.3. The molecule has 2 N–H and O–H groups in total. The number of methoxy groups -OCH3 is 1. The highest BCUT2D eigenvalue weighted by Crippen LogP contribution is 2.19. The van der Waals surface area contributed by atoms with Crippen molar-refractivity contribution in [3.8, 4) is 5.75 Å². The van der Waals surface area contributed by atoms with E-state index in [2.05, 4.69) is 20.5 Å². The average Bonchev–Trinajstić information content (AvgIpc) is 2.68. The molecule has 0 bridgehead atoms. The number of aromatic nitrogens is 2. The van der Waals surface area contributed by atoms with Crippen molar-refractivity contribution in [1.82, 2.24) is 9.97 Å². The van der Waals surface area contributed by atoms with Gasteiger partial charge in [-0.3, -0.25) is 10.2 Å². The van der Waals surface area contributed by atoms with E-state index in [4.69, 9.17) is 9.84 Å². The normalized spacial score (nSPS) is 11.3. The molecule has 0 aliphatic heterocycles. The summed E-state index contributed by atoms with van der Waals surface area (Å²) in [6.45, 7) is 0. The molecule has 0 aliphatic rings. The predicted octanol–water partition coefficient (Wildman–Crippen LogP) is 3.32. The summed E-state index contributed by atoms with van der Waals surface area (Å²) in [6, 6.07) is 14.9. The molecule has 0 saturated carbocycles. The maximum atomic E-state index is 11.0. The monoisotopic (exact) mass is 350 g/mol. The molecule has 7 nitrogen and oxygen atoms in total. The highest BCUT2D eigenvalue weighted by molar-refractivity contribution is 6.02. The third-order valence-electron chi connectivity index (χ3n) is 3.84. The molecular formula is C19H18N4O3. The summed E-state index contributed by atoms with van der Waals surface area (Å²) in [5.74, 6) is 0.414. The van der Waals surface area contributed by atoms with Gasteiger partial charge in [0.25, 0.3) is 0 Å². The number of carboxylic acid groups (broad SMARTS) is 1. The first-order valence-corrected chi connectivity index (χ1v) is 8.06. The van der Waals surface area contributed by atoms with Crippen molar-refractivity contribution in [2.24, 2.45) is 5.10 Å². The van der Waals surface area contributed by atoms with Gasteiger partial charge in [-0.25, -0.2) is 9.97 Å². The third kappa shape index (κ3) is 4.13. The van der Waals surface area contributed by atoms with E-state index in [1.807, 2.05) is 48.5 Å². The van der Waals surface area contributed by atoms with Gasteiger partial charge in [0.15, 0.2) is 5.82 Å². The fraction of sp³-hybridized carbons (Fsp3) is 0.158. The number of carboxylic acids is 1. The van der Waals surface area contributed by atoms with Gasteiger partial charge in [-0.05, 0) is 42.0 Å². The van der Waals surface area contributed by atoms with Crippen LogP contribution in [0.15, 0.2) is 60.0 Å². The first-order valence-electron chi connectivity index (χ1n) is 8.06. The summed E-state index contributed by atoms with van der Waals surface area (Å²) in [5, 5.41) is 14.3. The Bertz CT molecular complexity index is 934. The lowest BCUT2D eigenvalue weighted by atomic mass is 10.1. The molecule has 7 heteroatoms. The highest BCUT2D eigenvalue weighted by Gasteiger charge is 2.09. The molecule has 3 rings (SSSR count). The Morgan fingerprint density at radius 2 is 1.88 bits per heavy atom. The minimum atomic E-state index is -0.876. The van der Waals surface area contributed by atoms with Crippen molar-refractivity contribution in [3.05, 3.63) is 60.4 Å². The largest absolute Gasteiger partial charge is 0.497 e. The zero-order valence-electron chi connectivity index (χ0n) is 14.2. The van der Waals surface area contributed by atoms with Gasteiger partial charge in [0.1, 0.15) is 12.1 Å². The van der Waals surface area contributed by atoms with Crippen LogP contribution in [0.5, 0.6) is 5.75 Å². The van der Waals surface area contributed by atoms with Crippen LogP contribution >= 0.6 is 0 Å². The lowest BCUT2D eigenvalue weighted by Gasteiger charge is -2.09. The second-order valence-electron chi connectivity index (χ2n) is 5.53. The first-order chi connectivity index (χ1) is 12.7. The van der Waals surface area contributed by atoms with Crippen molar-refractivity contribution >= 4 is 28.4 Å². The van der Waals surface area contributed by atoms with Crippen LogP contribution in [0.2, 0.25) is 0 Å². The standard InChI is InChI=1S/C19H18N4O3/c1-26-14-8-6-13(7-9-14)16(10-11-18(24)25)22-23-19-15-4-2-3-5-17(15)20-12-21-19/h2-9,12H,10-11H2,1H3,(H,24,25)(H,20,21,23). The molecule has 0 saturated heterocycles. The molecule has 26 heavy (non-hydrogen) atoms. The van der Waals surface area contributed by atoms with Crippen LogP contribution in [0, 0.1) is 0 Å². The van der Waals surface area contributed by atoms with Crippen molar-refractivity contribution < 1.29 is 14.6 Å². The number of nitrogens with one attached hydrogen (secondary N) is 1. The van der Waals surface area contributed by atoms with Crippen LogP contribution in [0.3, 0.4) is 0 Å². The Hall–Kier alpha value is -3.48. The number of nitrogens with zero attached hydrogens (tertiary/aromatic N) is 3. The van der Waals surface area contributed by atoms with Crippen LogP contribution in [0.25, 0.3) is 10.9 Å². The summed E-state index contributed by atoms with van der Waals surface area (Å²) < 4.78 is 5.16. The molecular weight excluding hydrogens is 332 g/mol. The quantitative estimate of drug-likeness (QED) is 0.501. The smallest absolute Gasteiger partial charge is 0.303 e. The summed E-state index contributed by atoms with van der Waals surface area (Å²) >= 11 is 0. The van der Waals surface area contributed by atoms with Gasteiger partial charge in [-0.15, -0.1) is 0 Å². The Morgan fingerprint density at radius 1 is 1.12 bits per heavy atom. The molecule has 0 amide bonds. The highest BCUT2D eigenvalue weighted by atomic mass is 16.5. The molecule has 3 aromatic rings. The molecule has 0 aliphatic carbocycles. The maximum absolute atomic E-state index is 11.0. The summed E-state index contributed by atoms with van der Waals surface area (Å²) in [5.41, 5.74) is 5.19. The van der Waals surface area contributed by atoms with Crippen LogP contribution in [-0.4, -0.2) is 33.9 Å². The molecule has 2 aromatic carbocycles. The molecule has 0 radical (unpaired) electrons. The number of hydrazone groups is 1. The number of fused-ring (bicyclic) bond motifs is 1. The van der Waals surface area contributed by atoms with Crippen molar-refractivity contribution in [1.29, 1.82) is 0 Å². The Morgan fingerprint density at radius 3 is 2.62 bits per heavy atom. The van der Waals surface area contributed by atoms with Crippen molar-refractivity contribution in [2.45, 2.75) is 12.8 Å². The Kier molecular flexibility index (Phi) is 5.38. The average molecular weight is 350 g/mol. The van der Waals surface area contributed by atoms with E-state index < -0.39 is 5.97 Å². The number of carbonyl (C=O) groups is 1. The van der Waals surface area contributed by atoms with E-state index in [0.717, 1.165) is 22.2 Å². The number of hydrogen-bond donors (Lipinski definition) is 2. The second kappa shape index (κ2) is 8.06. The lowest BCUT2D eigenvalue weighted by molar-refractivity contribution is -0.136. The molecule has 132 valence electrons. The van der Waals surface area contributed by atoms with Gasteiger partial charge in [-0.2, -0.15) is 5.10 Å². The van der Waals surface area contributed by atoms with E-state index in [-0.39, 0.29) is 12.8 Å². The zero-order chi connectivity index (χ0) is 18.4. The molecule has 1 aromatic heterocycles. The maximum Gasteiger partial charge on any atom is 0.303 e. The third-order valence-corrected chi connectivity index (χ3v) is 3.84. The van der Waals surface area contributed by atoms with E-state index in [0.29, 0.717) is 11.5 Å². The van der Waals surface area contributed by atoms with Crippen LogP contribution in [0.4, 0.5) is 5.82 Å². The van der Waals surface area contributed by atoms with Crippen LogP contribution < -0.4 is 10.2 Å². The van der Waals surface area contributed by atoms with Gasteiger partial charge in [0, 0.05) is 11.8 Å². The fourth-order valence-corrected chi connectivity index (χ4v) is 2.49. The van der Waals surface area contributed by atoms with Gasteiger partial charge in [-0.1, -0.05) is 12.1 Å². The summed E-state index contributed by atoms with van der Waals surface area (Å²) in [4.78, 5) is 19.4. The van der Waals surface area contributed by atoms with E-state index in [1.165, 1.54) is 6.33 Å². The zero-order valence-corrected chi connectivity index (χ0v) is 14.2. The fourth-order valence-electron chi connectivity index (χ4n) is 2.49. The molecule has 0 spiro atoms. The van der Waals surface area contributed by atoms with Gasteiger partial charge in [0.2, 0.25) is 0 Å². The SMILES string of the molecule is COc1ccc(C(CCC(=O)O)=NNc2ncnc3ccccc23)cc1. The van der Waals surface area contributed by atoms with Gasteiger partial charge in [0.05, 0.1) is 24.8 Å². The number of para-hydroxylation sites is 1. The van der Waals surface area contributed by atoms with E-state index >= 15 is 0 Å². The second-order valence-corrected chi connectivity index (χ2v) is 5.53. The van der Waals surface area contributed by atoms with Crippen molar-refractivity contribution in [3.63, 3.8) is 0 Å². The molecule has 0 fully saturated rings. The van der Waals surface area contributed by atoms with Gasteiger partial charge >= 0.3 is 5.97 Å². The van der Waals surface area contributed by atoms with Crippen LogP contribution in [-0.2, 0) is 4.79 Å². The van der Waals surface area contributed by atoms with Crippen molar-refractivity contribution in [2.75, 3.05) is 12.5 Å². The topological polar surface area (TPSA) is 96.7 Å². The number of benzene rings is 2. The predicted molar refractivity (Wildman–Crippen MR) is 99.6 cm³/mol. The Labute approximate surface area is 150 Å². The molecule has 0 unspecified atom stereocenters. The van der Waals surface area contributed by atoms with Crippen LogP contribution in [0.1, 0.15) is 18.4 Å². The number of rotatable bonds is 7. The summed E-state index contributed by atoms with van der Waals surface area (Å²) in [7, 11) is 1.59. The Balaban J connectivity index is 1.90. The van der Waals surface area contributed by atoms with Gasteiger partial charge < -0.3 is 9.84 Å². The minimum absolute atomic E-state index is 0.0168. The molecule has 0 atom stereocenters.